The van der Waals surface area contributed by atoms with Gasteiger partial charge in [0.2, 0.25) is 11.8 Å². The molecule has 3 aromatic rings. The molecule has 0 aliphatic carbocycles. The molecule has 3 rings (SSSR count). The summed E-state index contributed by atoms with van der Waals surface area (Å²) >= 11 is 0. The Morgan fingerprint density at radius 3 is 2.27 bits per heavy atom. The summed E-state index contributed by atoms with van der Waals surface area (Å²) in [6.07, 6.45) is 0.602. The lowest BCUT2D eigenvalue weighted by Gasteiger charge is -2.23. The van der Waals surface area contributed by atoms with Gasteiger partial charge in [0.15, 0.2) is 0 Å². The minimum absolute atomic E-state index is 0.0401. The molecule has 2 amide bonds. The van der Waals surface area contributed by atoms with E-state index in [0.29, 0.717) is 18.7 Å². The highest BCUT2D eigenvalue weighted by atomic mass is 19.1. The fourth-order valence-electron chi connectivity index (χ4n) is 3.22. The van der Waals surface area contributed by atoms with Gasteiger partial charge in [-0.15, -0.1) is 0 Å². The van der Waals surface area contributed by atoms with Crippen LogP contribution in [0.3, 0.4) is 0 Å². The van der Waals surface area contributed by atoms with Gasteiger partial charge in [-0.1, -0.05) is 48.9 Å². The molecule has 0 aliphatic rings. The van der Waals surface area contributed by atoms with Crippen molar-refractivity contribution < 1.29 is 14.0 Å². The fraction of sp³-hybridized carbons (Fsp3) is 0.200. The summed E-state index contributed by atoms with van der Waals surface area (Å²) in [6.45, 7) is 4.37. The minimum Gasteiger partial charge on any atom is -0.326 e. The highest BCUT2D eigenvalue weighted by Gasteiger charge is 2.15. The van der Waals surface area contributed by atoms with Crippen molar-refractivity contribution in [3.63, 3.8) is 0 Å². The molecule has 1 N–H and O–H groups in total. The Labute approximate surface area is 176 Å². The number of anilines is 2. The Morgan fingerprint density at radius 2 is 1.63 bits per heavy atom. The van der Waals surface area contributed by atoms with Crippen molar-refractivity contribution in [3.8, 4) is 0 Å². The smallest absolute Gasteiger partial charge is 0.228 e. The van der Waals surface area contributed by atoms with Gasteiger partial charge in [-0.25, -0.2) is 4.39 Å². The number of amides is 2. The maximum absolute atomic E-state index is 13.0. The first-order valence-corrected chi connectivity index (χ1v) is 9.95. The molecule has 0 unspecified atom stereocenters. The number of nitrogens with zero attached hydrogens (tertiary/aromatic N) is 1. The Kier molecular flexibility index (Phi) is 6.96. The summed E-state index contributed by atoms with van der Waals surface area (Å²) in [5.74, 6) is -0.491. The van der Waals surface area contributed by atoms with E-state index in [-0.39, 0.29) is 24.1 Å². The van der Waals surface area contributed by atoms with E-state index >= 15 is 0 Å². The second-order valence-corrected chi connectivity index (χ2v) is 7.22. The molecule has 0 bridgehead atoms. The second-order valence-electron chi connectivity index (χ2n) is 7.22. The van der Waals surface area contributed by atoms with Gasteiger partial charge in [0.05, 0.1) is 13.0 Å². The van der Waals surface area contributed by atoms with E-state index in [4.69, 9.17) is 0 Å². The van der Waals surface area contributed by atoms with Crippen LogP contribution in [0.1, 0.15) is 30.0 Å². The van der Waals surface area contributed by atoms with Crippen LogP contribution in [0.4, 0.5) is 15.8 Å². The summed E-state index contributed by atoms with van der Waals surface area (Å²) in [6, 6.07) is 21.2. The van der Waals surface area contributed by atoms with Crippen molar-refractivity contribution in [2.75, 3.05) is 10.2 Å². The van der Waals surface area contributed by atoms with E-state index in [0.717, 1.165) is 22.4 Å². The van der Waals surface area contributed by atoms with Crippen LogP contribution in [0.5, 0.6) is 0 Å². The van der Waals surface area contributed by atoms with Crippen LogP contribution in [0.25, 0.3) is 0 Å². The zero-order chi connectivity index (χ0) is 21.5. The zero-order valence-electron chi connectivity index (χ0n) is 17.2. The molecule has 0 atom stereocenters. The topological polar surface area (TPSA) is 49.4 Å². The minimum atomic E-state index is -0.347. The van der Waals surface area contributed by atoms with Crippen LogP contribution in [0.2, 0.25) is 0 Å². The summed E-state index contributed by atoms with van der Waals surface area (Å²) in [7, 11) is 0. The van der Waals surface area contributed by atoms with Crippen LogP contribution in [0.15, 0.2) is 72.8 Å². The summed E-state index contributed by atoms with van der Waals surface area (Å²) in [4.78, 5) is 26.5. The van der Waals surface area contributed by atoms with Crippen molar-refractivity contribution >= 4 is 23.2 Å². The van der Waals surface area contributed by atoms with E-state index in [1.54, 1.807) is 4.90 Å². The molecule has 30 heavy (non-hydrogen) atoms. The van der Waals surface area contributed by atoms with Crippen molar-refractivity contribution in [2.45, 2.75) is 33.2 Å². The lowest BCUT2D eigenvalue weighted by atomic mass is 10.1. The Bertz CT molecular complexity index is 1010. The first kappa shape index (κ1) is 21.2. The molecule has 0 radical (unpaired) electrons. The number of nitrogens with one attached hydrogen (secondary N) is 1. The van der Waals surface area contributed by atoms with Crippen molar-refractivity contribution in [1.29, 1.82) is 0 Å². The monoisotopic (exact) mass is 404 g/mol. The van der Waals surface area contributed by atoms with Gasteiger partial charge in [-0.05, 0) is 54.4 Å². The van der Waals surface area contributed by atoms with E-state index in [2.05, 4.69) is 11.4 Å². The first-order chi connectivity index (χ1) is 14.4. The van der Waals surface area contributed by atoms with Gasteiger partial charge in [-0.3, -0.25) is 9.59 Å². The maximum atomic E-state index is 13.0. The molecule has 0 saturated heterocycles. The molecule has 0 spiro atoms. The summed E-state index contributed by atoms with van der Waals surface area (Å²) in [5.41, 5.74) is 4.40. The third-order valence-electron chi connectivity index (χ3n) is 4.77. The highest BCUT2D eigenvalue weighted by Crippen LogP contribution is 2.20. The fourth-order valence-corrected chi connectivity index (χ4v) is 3.22. The lowest BCUT2D eigenvalue weighted by molar-refractivity contribution is -0.118. The van der Waals surface area contributed by atoms with Crippen LogP contribution in [-0.4, -0.2) is 11.8 Å². The predicted molar refractivity (Wildman–Crippen MR) is 118 cm³/mol. The largest absolute Gasteiger partial charge is 0.326 e. The Morgan fingerprint density at radius 1 is 0.933 bits per heavy atom. The summed E-state index contributed by atoms with van der Waals surface area (Å²) in [5, 5.41) is 2.75. The van der Waals surface area contributed by atoms with E-state index in [1.807, 2.05) is 56.3 Å². The molecule has 0 fully saturated rings. The highest BCUT2D eigenvalue weighted by molar-refractivity contribution is 5.94. The quantitative estimate of drug-likeness (QED) is 0.584. The molecule has 0 saturated carbocycles. The van der Waals surface area contributed by atoms with Crippen molar-refractivity contribution in [1.82, 2.24) is 0 Å². The lowest BCUT2D eigenvalue weighted by Crippen LogP contribution is -2.29. The zero-order valence-corrected chi connectivity index (χ0v) is 17.2. The third-order valence-corrected chi connectivity index (χ3v) is 4.77. The number of aryl methyl sites for hydroxylation is 1. The number of rotatable bonds is 7. The van der Waals surface area contributed by atoms with Gasteiger partial charge in [0.25, 0.3) is 0 Å². The van der Waals surface area contributed by atoms with Gasteiger partial charge >= 0.3 is 0 Å². The van der Waals surface area contributed by atoms with Crippen LogP contribution >= 0.6 is 0 Å². The predicted octanol–water partition coefficient (Wildman–Crippen LogP) is 5.26. The second kappa shape index (κ2) is 9.83. The molecule has 154 valence electrons. The van der Waals surface area contributed by atoms with E-state index < -0.39 is 0 Å². The van der Waals surface area contributed by atoms with E-state index in [9.17, 15) is 14.0 Å². The molecule has 0 heterocycles. The van der Waals surface area contributed by atoms with Crippen molar-refractivity contribution in [3.05, 3.63) is 95.3 Å². The average molecular weight is 404 g/mol. The summed E-state index contributed by atoms with van der Waals surface area (Å²) < 4.78 is 13.0. The molecule has 4 nitrogen and oxygen atoms in total. The van der Waals surface area contributed by atoms with Gasteiger partial charge < -0.3 is 10.2 Å². The Hall–Kier alpha value is -3.47. The number of benzene rings is 3. The number of carbonyl (C=O) groups is 2. The first-order valence-electron chi connectivity index (χ1n) is 9.95. The molecular weight excluding hydrogens is 379 g/mol. The standard InChI is InChI=1S/C25H25FN2O2/c1-3-25(30)28(17-20-6-4-5-18(2)15-20)23-13-7-19(8-14-23)16-24(29)27-22-11-9-21(26)10-12-22/h4-15H,3,16-17H2,1-2H3,(H,27,29). The third kappa shape index (κ3) is 5.77. The van der Waals surface area contributed by atoms with Gasteiger partial charge in [-0.2, -0.15) is 0 Å². The van der Waals surface area contributed by atoms with Crippen molar-refractivity contribution in [2.24, 2.45) is 0 Å². The molecule has 5 heteroatoms. The van der Waals surface area contributed by atoms with Crippen LogP contribution in [-0.2, 0) is 22.6 Å². The van der Waals surface area contributed by atoms with Gasteiger partial charge in [0, 0.05) is 17.8 Å². The molecule has 0 aliphatic heterocycles. The maximum Gasteiger partial charge on any atom is 0.228 e. The molecule has 0 aromatic heterocycles. The molecular formula is C25H25FN2O2. The number of hydrogen-bond donors (Lipinski definition) is 1. The SMILES string of the molecule is CCC(=O)N(Cc1cccc(C)c1)c1ccc(CC(=O)Nc2ccc(F)cc2)cc1. The van der Waals surface area contributed by atoms with Gasteiger partial charge in [0.1, 0.15) is 5.82 Å². The van der Waals surface area contributed by atoms with Crippen LogP contribution < -0.4 is 10.2 Å². The number of halogens is 1. The number of hydrogen-bond acceptors (Lipinski definition) is 2. The average Bonchev–Trinajstić information content (AvgIpc) is 2.74. The van der Waals surface area contributed by atoms with E-state index in [1.165, 1.54) is 24.3 Å². The normalized spacial score (nSPS) is 10.5. The number of carbonyl (C=O) groups excluding carboxylic acids is 2. The Balaban J connectivity index is 1.69. The molecule has 3 aromatic carbocycles. The van der Waals surface area contributed by atoms with Crippen LogP contribution in [0, 0.1) is 12.7 Å².